The summed E-state index contributed by atoms with van der Waals surface area (Å²) < 4.78 is 6.54. The van der Waals surface area contributed by atoms with E-state index in [1.807, 2.05) is 42.2 Å². The zero-order chi connectivity index (χ0) is 20.2. The molecular formula is C21H23ClN4O2S. The maximum Gasteiger partial charge on any atom is 0.247 e. The van der Waals surface area contributed by atoms with Gasteiger partial charge < -0.3 is 9.32 Å². The van der Waals surface area contributed by atoms with E-state index in [1.54, 1.807) is 11.3 Å². The van der Waals surface area contributed by atoms with Crippen molar-refractivity contribution in [3.63, 3.8) is 0 Å². The van der Waals surface area contributed by atoms with Gasteiger partial charge in [-0.3, -0.25) is 9.69 Å². The van der Waals surface area contributed by atoms with Crippen LogP contribution in [0.5, 0.6) is 0 Å². The molecule has 0 radical (unpaired) electrons. The summed E-state index contributed by atoms with van der Waals surface area (Å²) in [5, 5.41) is 8.19. The van der Waals surface area contributed by atoms with Crippen LogP contribution in [-0.4, -0.2) is 52.1 Å². The molecule has 3 aromatic rings. The van der Waals surface area contributed by atoms with Crippen LogP contribution in [-0.2, 0) is 17.8 Å². The Labute approximate surface area is 179 Å². The van der Waals surface area contributed by atoms with Crippen LogP contribution in [0.25, 0.3) is 11.5 Å². The summed E-state index contributed by atoms with van der Waals surface area (Å²) >= 11 is 7.62. The standard InChI is InChI=1S/C21H23ClN4O2S/c1-15-2-4-16(5-3-15)21-24-23-19(28-21)8-9-20(27)26-12-10-25(11-13-26)14-17-6-7-18(22)29-17/h2-7H,8-14H2,1H3. The number of rotatable bonds is 6. The molecule has 1 aliphatic rings. The molecule has 0 saturated carbocycles. The fourth-order valence-corrected chi connectivity index (χ4v) is 4.48. The van der Waals surface area contributed by atoms with Crippen molar-refractivity contribution in [3.05, 3.63) is 57.1 Å². The normalized spacial score (nSPS) is 15.0. The van der Waals surface area contributed by atoms with Crippen LogP contribution in [0, 0.1) is 6.92 Å². The first-order valence-corrected chi connectivity index (χ1v) is 10.9. The molecule has 1 aliphatic heterocycles. The zero-order valence-electron chi connectivity index (χ0n) is 16.3. The van der Waals surface area contributed by atoms with Crippen LogP contribution in [0.15, 0.2) is 40.8 Å². The lowest BCUT2D eigenvalue weighted by Crippen LogP contribution is -2.48. The van der Waals surface area contributed by atoms with Crippen LogP contribution >= 0.6 is 22.9 Å². The quantitative estimate of drug-likeness (QED) is 0.590. The summed E-state index contributed by atoms with van der Waals surface area (Å²) in [6.45, 7) is 6.17. The highest BCUT2D eigenvalue weighted by Gasteiger charge is 2.22. The van der Waals surface area contributed by atoms with E-state index in [0.717, 1.165) is 42.6 Å². The van der Waals surface area contributed by atoms with Gasteiger partial charge >= 0.3 is 0 Å². The maximum absolute atomic E-state index is 12.6. The molecule has 0 atom stereocenters. The molecule has 1 aromatic carbocycles. The second-order valence-electron chi connectivity index (χ2n) is 7.23. The Kier molecular flexibility index (Phi) is 6.28. The van der Waals surface area contributed by atoms with E-state index >= 15 is 0 Å². The second kappa shape index (κ2) is 9.07. The highest BCUT2D eigenvalue weighted by Crippen LogP contribution is 2.23. The van der Waals surface area contributed by atoms with Gasteiger partial charge in [-0.25, -0.2) is 0 Å². The van der Waals surface area contributed by atoms with Gasteiger partial charge in [0.05, 0.1) is 4.34 Å². The number of amides is 1. The molecule has 0 spiro atoms. The molecule has 0 bridgehead atoms. The van der Waals surface area contributed by atoms with Gasteiger partial charge in [0.15, 0.2) is 0 Å². The molecule has 6 nitrogen and oxygen atoms in total. The van der Waals surface area contributed by atoms with Gasteiger partial charge in [0, 0.05) is 56.0 Å². The lowest BCUT2D eigenvalue weighted by atomic mass is 10.1. The zero-order valence-corrected chi connectivity index (χ0v) is 17.9. The first-order chi connectivity index (χ1) is 14.1. The topological polar surface area (TPSA) is 62.5 Å². The molecule has 152 valence electrons. The smallest absolute Gasteiger partial charge is 0.247 e. The van der Waals surface area contributed by atoms with E-state index in [2.05, 4.69) is 21.2 Å². The average molecular weight is 431 g/mol. The number of hydrogen-bond donors (Lipinski definition) is 0. The van der Waals surface area contributed by atoms with Crippen LogP contribution in [0.2, 0.25) is 4.34 Å². The molecule has 0 unspecified atom stereocenters. The van der Waals surface area contributed by atoms with Crippen LogP contribution in [0.3, 0.4) is 0 Å². The average Bonchev–Trinajstić information content (AvgIpc) is 3.36. The second-order valence-corrected chi connectivity index (χ2v) is 9.03. The largest absolute Gasteiger partial charge is 0.421 e. The Morgan fingerprint density at radius 3 is 2.55 bits per heavy atom. The van der Waals surface area contributed by atoms with Crippen molar-refractivity contribution in [1.82, 2.24) is 20.0 Å². The van der Waals surface area contributed by atoms with Gasteiger partial charge in [-0.05, 0) is 31.2 Å². The van der Waals surface area contributed by atoms with Crippen LogP contribution in [0.4, 0.5) is 0 Å². The molecule has 1 saturated heterocycles. The number of aromatic nitrogens is 2. The lowest BCUT2D eigenvalue weighted by Gasteiger charge is -2.34. The summed E-state index contributed by atoms with van der Waals surface area (Å²) in [7, 11) is 0. The molecule has 0 aliphatic carbocycles. The van der Waals surface area contributed by atoms with E-state index in [-0.39, 0.29) is 5.91 Å². The Balaban J connectivity index is 1.24. The Morgan fingerprint density at radius 1 is 1.10 bits per heavy atom. The minimum atomic E-state index is 0.138. The third-order valence-corrected chi connectivity index (χ3v) is 6.27. The Hall–Kier alpha value is -2.22. The maximum atomic E-state index is 12.6. The summed E-state index contributed by atoms with van der Waals surface area (Å²) in [6.07, 6.45) is 0.849. The van der Waals surface area contributed by atoms with Crippen molar-refractivity contribution in [3.8, 4) is 11.5 Å². The van der Waals surface area contributed by atoms with Crippen molar-refractivity contribution in [2.75, 3.05) is 26.2 Å². The van der Waals surface area contributed by atoms with E-state index in [9.17, 15) is 4.79 Å². The number of nitrogens with zero attached hydrogens (tertiary/aromatic N) is 4. The van der Waals surface area contributed by atoms with Crippen molar-refractivity contribution in [1.29, 1.82) is 0 Å². The number of hydrogen-bond acceptors (Lipinski definition) is 6. The van der Waals surface area contributed by atoms with Gasteiger partial charge in [0.25, 0.3) is 0 Å². The number of aryl methyl sites for hydroxylation is 2. The number of carbonyl (C=O) groups is 1. The predicted molar refractivity (Wildman–Crippen MR) is 114 cm³/mol. The van der Waals surface area contributed by atoms with Gasteiger partial charge in [-0.2, -0.15) is 0 Å². The predicted octanol–water partition coefficient (Wildman–Crippen LogP) is 4.04. The third kappa shape index (κ3) is 5.23. The molecule has 4 rings (SSSR count). The number of carbonyl (C=O) groups excluding carboxylic acids is 1. The fraction of sp³-hybridized carbons (Fsp3) is 0.381. The van der Waals surface area contributed by atoms with E-state index in [0.29, 0.717) is 24.6 Å². The monoisotopic (exact) mass is 430 g/mol. The third-order valence-electron chi connectivity index (χ3n) is 5.05. The molecule has 2 aromatic heterocycles. The van der Waals surface area contributed by atoms with Gasteiger partial charge in [0.1, 0.15) is 0 Å². The molecule has 8 heteroatoms. The Bertz CT molecular complexity index is 961. The SMILES string of the molecule is Cc1ccc(-c2nnc(CCC(=O)N3CCN(Cc4ccc(Cl)s4)CC3)o2)cc1. The van der Waals surface area contributed by atoms with Crippen molar-refractivity contribution in [2.45, 2.75) is 26.3 Å². The van der Waals surface area contributed by atoms with Crippen molar-refractivity contribution < 1.29 is 9.21 Å². The minimum Gasteiger partial charge on any atom is -0.421 e. The Morgan fingerprint density at radius 2 is 1.86 bits per heavy atom. The number of halogens is 1. The highest BCUT2D eigenvalue weighted by atomic mass is 35.5. The van der Waals surface area contributed by atoms with Gasteiger partial charge in [0.2, 0.25) is 17.7 Å². The van der Waals surface area contributed by atoms with E-state index < -0.39 is 0 Å². The van der Waals surface area contributed by atoms with Crippen LogP contribution in [0.1, 0.15) is 22.8 Å². The fourth-order valence-electron chi connectivity index (χ4n) is 3.35. The first kappa shape index (κ1) is 20.1. The van der Waals surface area contributed by atoms with Gasteiger partial charge in [-0.15, -0.1) is 21.5 Å². The minimum absolute atomic E-state index is 0.138. The number of thiophene rings is 1. The summed E-state index contributed by atoms with van der Waals surface area (Å²) in [5.41, 5.74) is 2.07. The molecule has 1 amide bonds. The van der Waals surface area contributed by atoms with Crippen molar-refractivity contribution in [2.24, 2.45) is 0 Å². The van der Waals surface area contributed by atoms with Gasteiger partial charge in [-0.1, -0.05) is 29.3 Å². The molecular weight excluding hydrogens is 408 g/mol. The summed E-state index contributed by atoms with van der Waals surface area (Å²) in [4.78, 5) is 18.1. The number of benzene rings is 1. The van der Waals surface area contributed by atoms with Crippen LogP contribution < -0.4 is 0 Å². The summed E-state index contributed by atoms with van der Waals surface area (Å²) in [6, 6.07) is 11.9. The molecule has 0 N–H and O–H groups in total. The summed E-state index contributed by atoms with van der Waals surface area (Å²) in [5.74, 6) is 1.13. The lowest BCUT2D eigenvalue weighted by molar-refractivity contribution is -0.133. The molecule has 29 heavy (non-hydrogen) atoms. The first-order valence-electron chi connectivity index (χ1n) is 9.70. The molecule has 3 heterocycles. The molecule has 1 fully saturated rings. The van der Waals surface area contributed by atoms with Crippen molar-refractivity contribution >= 4 is 28.8 Å². The highest BCUT2D eigenvalue weighted by molar-refractivity contribution is 7.16. The van der Waals surface area contributed by atoms with E-state index in [4.69, 9.17) is 16.0 Å². The van der Waals surface area contributed by atoms with E-state index in [1.165, 1.54) is 10.4 Å². The number of piperazine rings is 1.